The number of hydrogen-bond acceptors (Lipinski definition) is 3. The van der Waals surface area contributed by atoms with E-state index in [1.807, 2.05) is 6.92 Å². The second-order valence-corrected chi connectivity index (χ2v) is 7.96. The van der Waals surface area contributed by atoms with Crippen molar-refractivity contribution >= 4 is 10.9 Å². The summed E-state index contributed by atoms with van der Waals surface area (Å²) in [5, 5.41) is 21.7. The molecule has 1 aromatic carbocycles. The third-order valence-corrected chi connectivity index (χ3v) is 5.14. The Morgan fingerprint density at radius 1 is 1.18 bits per heavy atom. The molecule has 1 unspecified atom stereocenters. The fraction of sp³-hybridized carbons (Fsp3) is 0.381. The Labute approximate surface area is 161 Å². The van der Waals surface area contributed by atoms with E-state index in [0.29, 0.717) is 11.3 Å². The first kappa shape index (κ1) is 20.2. The lowest BCUT2D eigenvalue weighted by molar-refractivity contribution is -0.110. The Balaban J connectivity index is 1.93. The Morgan fingerprint density at radius 2 is 1.89 bits per heavy atom. The van der Waals surface area contributed by atoms with Crippen LogP contribution < -0.4 is 0 Å². The van der Waals surface area contributed by atoms with Crippen molar-refractivity contribution < 1.29 is 23.4 Å². The number of aliphatic hydroxyl groups is 1. The predicted octanol–water partition coefficient (Wildman–Crippen LogP) is 4.62. The molecule has 3 rings (SSSR count). The Morgan fingerprint density at radius 3 is 2.50 bits per heavy atom. The van der Waals surface area contributed by atoms with Crippen molar-refractivity contribution in [3.63, 3.8) is 0 Å². The van der Waals surface area contributed by atoms with Crippen LogP contribution in [0.5, 0.6) is 5.75 Å². The van der Waals surface area contributed by atoms with Gasteiger partial charge in [0.15, 0.2) is 0 Å². The van der Waals surface area contributed by atoms with E-state index in [1.165, 1.54) is 6.07 Å². The summed E-state index contributed by atoms with van der Waals surface area (Å²) in [6.07, 6.45) is -2.02. The molecule has 0 radical (unpaired) electrons. The highest BCUT2D eigenvalue weighted by atomic mass is 19.3. The van der Waals surface area contributed by atoms with Crippen molar-refractivity contribution in [1.82, 2.24) is 9.97 Å². The summed E-state index contributed by atoms with van der Waals surface area (Å²) in [5.74, 6) is -0.947. The fourth-order valence-electron chi connectivity index (χ4n) is 3.83. The van der Waals surface area contributed by atoms with Gasteiger partial charge in [-0.1, -0.05) is 19.9 Å². The van der Waals surface area contributed by atoms with Crippen molar-refractivity contribution in [3.05, 3.63) is 59.3 Å². The normalized spacial score (nSPS) is 14.6. The highest BCUT2D eigenvalue weighted by Gasteiger charge is 2.44. The molecule has 7 heteroatoms. The van der Waals surface area contributed by atoms with Crippen LogP contribution >= 0.6 is 0 Å². The molecule has 0 aliphatic rings. The molecule has 0 bridgehead atoms. The monoisotopic (exact) mass is 392 g/mol. The van der Waals surface area contributed by atoms with Crippen molar-refractivity contribution in [2.45, 2.75) is 51.1 Å². The maximum atomic E-state index is 13.9. The zero-order valence-electron chi connectivity index (χ0n) is 15.9. The molecule has 150 valence electrons. The molecule has 0 amide bonds. The van der Waals surface area contributed by atoms with Crippen LogP contribution in [0.25, 0.3) is 10.9 Å². The van der Waals surface area contributed by atoms with Gasteiger partial charge < -0.3 is 15.2 Å². The number of benzene rings is 1. The van der Waals surface area contributed by atoms with Crippen molar-refractivity contribution in [2.75, 3.05) is 0 Å². The quantitative estimate of drug-likeness (QED) is 0.573. The van der Waals surface area contributed by atoms with Crippen LogP contribution in [0.3, 0.4) is 0 Å². The third-order valence-electron chi connectivity index (χ3n) is 5.14. The van der Waals surface area contributed by atoms with Crippen LogP contribution in [-0.4, -0.2) is 32.2 Å². The number of fused-ring (bicyclic) bond motifs is 1. The average Bonchev–Trinajstić information content (AvgIpc) is 2.97. The van der Waals surface area contributed by atoms with Crippen LogP contribution in [0.1, 0.15) is 37.2 Å². The predicted molar refractivity (Wildman–Crippen MR) is 101 cm³/mol. The molecule has 0 aliphatic heterocycles. The minimum atomic E-state index is -3.01. The highest BCUT2D eigenvalue weighted by Crippen LogP contribution is 2.40. The summed E-state index contributed by atoms with van der Waals surface area (Å²) in [7, 11) is 0. The smallest absolute Gasteiger partial charge is 0.267 e. The lowest BCUT2D eigenvalue weighted by Crippen LogP contribution is -2.45. The number of phenols is 1. The van der Waals surface area contributed by atoms with Gasteiger partial charge in [0.2, 0.25) is 0 Å². The number of rotatable bonds is 6. The zero-order valence-corrected chi connectivity index (χ0v) is 15.9. The summed E-state index contributed by atoms with van der Waals surface area (Å²) in [4.78, 5) is 7.24. The molecule has 2 heterocycles. The van der Waals surface area contributed by atoms with E-state index in [0.717, 1.165) is 28.7 Å². The van der Waals surface area contributed by atoms with Crippen molar-refractivity contribution in [2.24, 2.45) is 0 Å². The number of aryl methyl sites for hydroxylation is 1. The summed E-state index contributed by atoms with van der Waals surface area (Å²) in [5.41, 5.74) is -1.08. The maximum Gasteiger partial charge on any atom is 0.267 e. The molecule has 0 spiro atoms. The summed E-state index contributed by atoms with van der Waals surface area (Å²) in [6, 6.07) is 6.91. The molecular weight excluding hydrogens is 369 g/mol. The van der Waals surface area contributed by atoms with Gasteiger partial charge >= 0.3 is 0 Å². The number of halogens is 3. The first-order chi connectivity index (χ1) is 13.0. The second-order valence-electron chi connectivity index (χ2n) is 7.96. The summed E-state index contributed by atoms with van der Waals surface area (Å²) < 4.78 is 41.1. The molecule has 2 aromatic heterocycles. The van der Waals surface area contributed by atoms with Gasteiger partial charge in [-0.25, -0.2) is 13.2 Å². The maximum absolute atomic E-state index is 13.9. The van der Waals surface area contributed by atoms with Gasteiger partial charge in [-0.15, -0.1) is 0 Å². The van der Waals surface area contributed by atoms with E-state index >= 15 is 0 Å². The number of hydrogen-bond donors (Lipinski definition) is 3. The first-order valence-electron chi connectivity index (χ1n) is 8.94. The molecule has 28 heavy (non-hydrogen) atoms. The summed E-state index contributed by atoms with van der Waals surface area (Å²) in [6.45, 7) is 5.08. The Hall–Kier alpha value is -2.54. The standard InChI is InChI=1S/C21H23F3N2O2/c1-12-15-9-14(26-17(15)6-7-25-12)10-21(28,19(23)24)11-20(2,3)16-5-4-13(22)8-18(16)27/h4-9,19,26-28H,10-11H2,1-3H3. The van der Waals surface area contributed by atoms with Gasteiger partial charge in [-0.05, 0) is 42.5 Å². The van der Waals surface area contributed by atoms with Gasteiger partial charge in [0, 0.05) is 41.0 Å². The third kappa shape index (κ3) is 3.85. The molecule has 1 atom stereocenters. The van der Waals surface area contributed by atoms with Crippen LogP contribution in [-0.2, 0) is 11.8 Å². The van der Waals surface area contributed by atoms with Gasteiger partial charge in [0.05, 0.1) is 0 Å². The number of nitrogens with one attached hydrogen (secondary N) is 1. The van der Waals surface area contributed by atoms with E-state index in [2.05, 4.69) is 9.97 Å². The number of pyridine rings is 1. The minimum absolute atomic E-state index is 0.296. The van der Waals surface area contributed by atoms with Crippen LogP contribution in [0, 0.1) is 12.7 Å². The summed E-state index contributed by atoms with van der Waals surface area (Å²) >= 11 is 0. The first-order valence-corrected chi connectivity index (χ1v) is 8.94. The number of aromatic amines is 1. The largest absolute Gasteiger partial charge is 0.508 e. The number of aromatic hydroxyl groups is 1. The molecule has 0 aliphatic carbocycles. The van der Waals surface area contributed by atoms with Crippen LogP contribution in [0.4, 0.5) is 13.2 Å². The molecule has 4 nitrogen and oxygen atoms in total. The van der Waals surface area contributed by atoms with Crippen molar-refractivity contribution in [1.29, 1.82) is 0 Å². The molecule has 0 fully saturated rings. The SMILES string of the molecule is Cc1nccc2[nH]c(CC(O)(CC(C)(C)c3ccc(F)cc3O)C(F)F)cc12. The highest BCUT2D eigenvalue weighted by molar-refractivity contribution is 5.82. The van der Waals surface area contributed by atoms with E-state index in [1.54, 1.807) is 32.2 Å². The number of nitrogens with zero attached hydrogens (tertiary/aromatic N) is 1. The topological polar surface area (TPSA) is 69.1 Å². The molecular formula is C21H23F3N2O2. The van der Waals surface area contributed by atoms with E-state index in [-0.39, 0.29) is 18.6 Å². The van der Waals surface area contributed by atoms with Crippen LogP contribution in [0.15, 0.2) is 36.5 Å². The van der Waals surface area contributed by atoms with Crippen LogP contribution in [0.2, 0.25) is 0 Å². The van der Waals surface area contributed by atoms with Gasteiger partial charge in [0.25, 0.3) is 6.43 Å². The molecule has 0 saturated heterocycles. The second kappa shape index (κ2) is 7.13. The minimum Gasteiger partial charge on any atom is -0.508 e. The van der Waals surface area contributed by atoms with E-state index < -0.39 is 23.3 Å². The number of phenolic OH excluding ortho intramolecular Hbond substituents is 1. The Kier molecular flexibility index (Phi) is 5.14. The van der Waals surface area contributed by atoms with E-state index in [9.17, 15) is 23.4 Å². The lowest BCUT2D eigenvalue weighted by Gasteiger charge is -2.36. The zero-order chi connectivity index (χ0) is 20.7. The molecule has 3 N–H and O–H groups in total. The lowest BCUT2D eigenvalue weighted by atomic mass is 9.73. The van der Waals surface area contributed by atoms with Gasteiger partial charge in [-0.2, -0.15) is 0 Å². The Bertz CT molecular complexity index is 1000. The number of alkyl halides is 2. The van der Waals surface area contributed by atoms with Gasteiger partial charge in [-0.3, -0.25) is 4.98 Å². The molecule has 3 aromatic rings. The number of aromatic nitrogens is 2. The van der Waals surface area contributed by atoms with Gasteiger partial charge in [0.1, 0.15) is 17.2 Å². The van der Waals surface area contributed by atoms with E-state index in [4.69, 9.17) is 0 Å². The number of H-pyrrole nitrogens is 1. The molecule has 0 saturated carbocycles. The average molecular weight is 392 g/mol. The van der Waals surface area contributed by atoms with Crippen molar-refractivity contribution in [3.8, 4) is 5.75 Å². The fourth-order valence-corrected chi connectivity index (χ4v) is 3.83.